The van der Waals surface area contributed by atoms with Crippen molar-refractivity contribution < 1.29 is 0 Å². The van der Waals surface area contributed by atoms with E-state index in [1.165, 1.54) is 24.3 Å². The van der Waals surface area contributed by atoms with E-state index in [9.17, 15) is 0 Å². The van der Waals surface area contributed by atoms with Gasteiger partial charge in [0, 0.05) is 30.7 Å². The Morgan fingerprint density at radius 1 is 1.57 bits per heavy atom. The van der Waals surface area contributed by atoms with Crippen LogP contribution in [-0.4, -0.2) is 28.2 Å². The van der Waals surface area contributed by atoms with Crippen molar-refractivity contribution in [3.63, 3.8) is 0 Å². The summed E-state index contributed by atoms with van der Waals surface area (Å²) in [7, 11) is 0. The molecule has 2 rings (SSSR count). The molecule has 0 atom stereocenters. The van der Waals surface area contributed by atoms with Crippen LogP contribution in [0.1, 0.15) is 18.5 Å². The third-order valence-corrected chi connectivity index (χ3v) is 3.55. The Bertz CT molecular complexity index is 244. The van der Waals surface area contributed by atoms with E-state index in [0.29, 0.717) is 0 Å². The van der Waals surface area contributed by atoms with E-state index in [1.54, 1.807) is 6.20 Å². The second-order valence-electron chi connectivity index (χ2n) is 3.78. The van der Waals surface area contributed by atoms with Crippen molar-refractivity contribution in [1.29, 1.82) is 0 Å². The van der Waals surface area contributed by atoms with E-state index in [0.717, 1.165) is 24.7 Å². The summed E-state index contributed by atoms with van der Waals surface area (Å²) in [6.45, 7) is 2.00. The Labute approximate surface area is 89.1 Å². The van der Waals surface area contributed by atoms with Crippen LogP contribution in [0.15, 0.2) is 12.3 Å². The summed E-state index contributed by atoms with van der Waals surface area (Å²) in [6.07, 6.45) is 4.72. The van der Waals surface area contributed by atoms with Crippen molar-refractivity contribution in [2.24, 2.45) is 5.92 Å². The minimum absolute atomic E-state index is 0.907. The highest BCUT2D eigenvalue weighted by Gasteiger charge is 2.20. The zero-order valence-electron chi connectivity index (χ0n) is 8.33. The van der Waals surface area contributed by atoms with E-state index >= 15 is 0 Å². The molecule has 1 aliphatic rings. The van der Waals surface area contributed by atoms with Gasteiger partial charge < -0.3 is 5.32 Å². The summed E-state index contributed by atoms with van der Waals surface area (Å²) in [5.41, 5.74) is 1.16. The third-order valence-electron chi connectivity index (χ3n) is 2.35. The largest absolute Gasteiger partial charge is 0.310 e. The van der Waals surface area contributed by atoms with Crippen molar-refractivity contribution in [2.45, 2.75) is 19.4 Å². The molecule has 3 nitrogen and oxygen atoms in total. The van der Waals surface area contributed by atoms with Crippen molar-refractivity contribution in [1.82, 2.24) is 15.5 Å². The first-order chi connectivity index (χ1) is 6.95. The van der Waals surface area contributed by atoms with Gasteiger partial charge in [0.25, 0.3) is 0 Å². The summed E-state index contributed by atoms with van der Waals surface area (Å²) in [6, 6.07) is 2.00. The maximum absolute atomic E-state index is 3.90. The Kier molecular flexibility index (Phi) is 3.89. The van der Waals surface area contributed by atoms with E-state index in [2.05, 4.69) is 27.3 Å². The average molecular weight is 211 g/mol. The number of thioether (sulfide) groups is 1. The van der Waals surface area contributed by atoms with E-state index in [4.69, 9.17) is 0 Å². The molecule has 1 aromatic heterocycles. The molecule has 78 valence electrons. The fraction of sp³-hybridized carbons (Fsp3) is 0.700. The number of nitrogens with zero attached hydrogens (tertiary/aromatic N) is 1. The highest BCUT2D eigenvalue weighted by Crippen LogP contribution is 2.32. The molecular formula is C10H17N3S. The lowest BCUT2D eigenvalue weighted by Crippen LogP contribution is -2.17. The quantitative estimate of drug-likeness (QED) is 0.674. The van der Waals surface area contributed by atoms with E-state index < -0.39 is 0 Å². The molecule has 2 N–H and O–H groups in total. The Hall–Kier alpha value is -0.480. The van der Waals surface area contributed by atoms with E-state index in [1.807, 2.05) is 6.07 Å². The molecule has 4 heteroatoms. The predicted molar refractivity (Wildman–Crippen MR) is 60.3 cm³/mol. The van der Waals surface area contributed by atoms with Gasteiger partial charge in [0.05, 0.1) is 0 Å². The van der Waals surface area contributed by atoms with Crippen molar-refractivity contribution in [2.75, 3.05) is 18.1 Å². The Morgan fingerprint density at radius 3 is 3.21 bits per heavy atom. The maximum atomic E-state index is 3.90. The molecule has 1 heterocycles. The van der Waals surface area contributed by atoms with Crippen molar-refractivity contribution >= 4 is 11.8 Å². The standard InChI is InChI=1S/C10H17N3S/c1-2-9(1)8-14-6-5-11-7-10-3-4-12-13-10/h3-4,9,11H,1-2,5-8H2,(H,12,13). The Morgan fingerprint density at radius 2 is 2.50 bits per heavy atom. The first kappa shape index (κ1) is 10.1. The summed E-state index contributed by atoms with van der Waals surface area (Å²) in [5, 5.41) is 10.2. The molecular weight excluding hydrogens is 194 g/mol. The monoisotopic (exact) mass is 211 g/mol. The fourth-order valence-corrected chi connectivity index (χ4v) is 2.41. The molecule has 1 aliphatic carbocycles. The van der Waals surface area contributed by atoms with Crippen molar-refractivity contribution in [3.8, 4) is 0 Å². The molecule has 0 spiro atoms. The highest BCUT2D eigenvalue weighted by atomic mass is 32.2. The number of aromatic nitrogens is 2. The van der Waals surface area contributed by atoms with Gasteiger partial charge in [-0.15, -0.1) is 0 Å². The molecule has 1 fully saturated rings. The van der Waals surface area contributed by atoms with Gasteiger partial charge in [0.1, 0.15) is 0 Å². The summed E-state index contributed by atoms with van der Waals surface area (Å²) in [4.78, 5) is 0. The topological polar surface area (TPSA) is 40.7 Å². The van der Waals surface area contributed by atoms with Gasteiger partial charge in [-0.25, -0.2) is 0 Å². The van der Waals surface area contributed by atoms with Crippen LogP contribution in [0.2, 0.25) is 0 Å². The molecule has 1 aromatic rings. The van der Waals surface area contributed by atoms with Gasteiger partial charge in [-0.2, -0.15) is 16.9 Å². The van der Waals surface area contributed by atoms with Gasteiger partial charge in [-0.3, -0.25) is 5.10 Å². The first-order valence-corrected chi connectivity index (χ1v) is 6.37. The smallest absolute Gasteiger partial charge is 0.0490 e. The van der Waals surface area contributed by atoms with Gasteiger partial charge in [0.15, 0.2) is 0 Å². The minimum Gasteiger partial charge on any atom is -0.310 e. The van der Waals surface area contributed by atoms with E-state index in [-0.39, 0.29) is 0 Å². The van der Waals surface area contributed by atoms with Gasteiger partial charge in [-0.1, -0.05) is 0 Å². The maximum Gasteiger partial charge on any atom is 0.0490 e. The van der Waals surface area contributed by atoms with Crippen LogP contribution in [0.4, 0.5) is 0 Å². The second kappa shape index (κ2) is 5.41. The molecule has 0 aromatic carbocycles. The molecule has 0 radical (unpaired) electrons. The number of aromatic amines is 1. The predicted octanol–water partition coefficient (Wildman–Crippen LogP) is 1.64. The summed E-state index contributed by atoms with van der Waals surface area (Å²) < 4.78 is 0. The SMILES string of the molecule is c1cc(CNCCSCC2CC2)[nH]n1. The van der Waals surface area contributed by atoms with Gasteiger partial charge in [0.2, 0.25) is 0 Å². The van der Waals surface area contributed by atoms with Crippen LogP contribution in [0.5, 0.6) is 0 Å². The lowest BCUT2D eigenvalue weighted by molar-refractivity contribution is 0.712. The lowest BCUT2D eigenvalue weighted by Gasteiger charge is -2.02. The molecule has 1 saturated carbocycles. The fourth-order valence-electron chi connectivity index (χ4n) is 1.29. The number of H-pyrrole nitrogens is 1. The molecule has 0 saturated heterocycles. The number of nitrogens with one attached hydrogen (secondary N) is 2. The van der Waals surface area contributed by atoms with Crippen LogP contribution in [0.3, 0.4) is 0 Å². The highest BCUT2D eigenvalue weighted by molar-refractivity contribution is 7.99. The van der Waals surface area contributed by atoms with Crippen molar-refractivity contribution in [3.05, 3.63) is 18.0 Å². The Balaban J connectivity index is 1.43. The molecule has 0 unspecified atom stereocenters. The molecule has 0 aliphatic heterocycles. The zero-order valence-corrected chi connectivity index (χ0v) is 9.15. The summed E-state index contributed by atoms with van der Waals surface area (Å²) in [5.74, 6) is 3.64. The second-order valence-corrected chi connectivity index (χ2v) is 4.93. The van der Waals surface area contributed by atoms with Gasteiger partial charge >= 0.3 is 0 Å². The molecule has 14 heavy (non-hydrogen) atoms. The number of hydrogen-bond donors (Lipinski definition) is 2. The number of hydrogen-bond acceptors (Lipinski definition) is 3. The normalized spacial score (nSPS) is 16.0. The van der Waals surface area contributed by atoms with Crippen LogP contribution < -0.4 is 5.32 Å². The van der Waals surface area contributed by atoms with Crippen LogP contribution >= 0.6 is 11.8 Å². The molecule has 0 bridgehead atoms. The average Bonchev–Trinajstić information content (AvgIpc) is 2.87. The number of rotatable bonds is 7. The van der Waals surface area contributed by atoms with Crippen LogP contribution in [-0.2, 0) is 6.54 Å². The third kappa shape index (κ3) is 3.72. The minimum atomic E-state index is 0.907. The van der Waals surface area contributed by atoms with Gasteiger partial charge in [-0.05, 0) is 30.6 Å². The van der Waals surface area contributed by atoms with Crippen LogP contribution in [0, 0.1) is 5.92 Å². The molecule has 0 amide bonds. The first-order valence-electron chi connectivity index (χ1n) is 5.22. The summed E-state index contributed by atoms with van der Waals surface area (Å²) >= 11 is 2.07. The zero-order chi connectivity index (χ0) is 9.64. The van der Waals surface area contributed by atoms with Crippen LogP contribution in [0.25, 0.3) is 0 Å². The lowest BCUT2D eigenvalue weighted by atomic mass is 10.4.